The molecule has 0 amide bonds. The quantitative estimate of drug-likeness (QED) is 0.467. The molecule has 0 fully saturated rings. The van der Waals surface area contributed by atoms with Gasteiger partial charge in [0.1, 0.15) is 22.5 Å². The first kappa shape index (κ1) is 21.3. The monoisotopic (exact) mass is 464 g/mol. The van der Waals surface area contributed by atoms with Crippen LogP contribution in [-0.2, 0) is 17.4 Å². The number of benzene rings is 1. The molecule has 33 heavy (non-hydrogen) atoms. The highest BCUT2D eigenvalue weighted by Crippen LogP contribution is 2.29. The molecular formula is C25H22F2N4OS. The molecule has 0 radical (unpaired) electrons. The molecule has 1 aliphatic carbocycles. The predicted molar refractivity (Wildman–Crippen MR) is 129 cm³/mol. The van der Waals surface area contributed by atoms with Gasteiger partial charge in [-0.05, 0) is 66.1 Å². The molecule has 0 saturated heterocycles. The lowest BCUT2D eigenvalue weighted by Crippen LogP contribution is -2.11. The second-order valence-electron chi connectivity index (χ2n) is 7.90. The minimum absolute atomic E-state index is 0.0177. The summed E-state index contributed by atoms with van der Waals surface area (Å²) in [6.07, 6.45) is 16.4. The van der Waals surface area contributed by atoms with Crippen molar-refractivity contribution in [3.05, 3.63) is 100 Å². The van der Waals surface area contributed by atoms with Gasteiger partial charge < -0.3 is 10.3 Å². The maximum atomic E-state index is 15.3. The number of nitrogens with zero attached hydrogens (tertiary/aromatic N) is 1. The van der Waals surface area contributed by atoms with Crippen LogP contribution in [0.25, 0.3) is 16.6 Å². The molecule has 0 spiro atoms. The number of pyridine rings is 1. The van der Waals surface area contributed by atoms with E-state index in [9.17, 15) is 8.60 Å². The fraction of sp³-hybridized carbons (Fsp3) is 0.160. The number of halogens is 2. The summed E-state index contributed by atoms with van der Waals surface area (Å²) in [5, 5.41) is 3.98. The Morgan fingerprint density at radius 2 is 2.09 bits per heavy atom. The van der Waals surface area contributed by atoms with Crippen molar-refractivity contribution in [3.8, 4) is 0 Å². The third-order valence-electron chi connectivity index (χ3n) is 5.76. The van der Waals surface area contributed by atoms with Crippen LogP contribution in [-0.4, -0.2) is 20.7 Å². The molecular weight excluding hydrogens is 442 g/mol. The van der Waals surface area contributed by atoms with Gasteiger partial charge in [-0.25, -0.2) is 18.0 Å². The van der Waals surface area contributed by atoms with E-state index in [1.807, 2.05) is 36.6 Å². The summed E-state index contributed by atoms with van der Waals surface area (Å²) in [5.41, 5.74) is 3.35. The van der Waals surface area contributed by atoms with Crippen LogP contribution in [0.5, 0.6) is 0 Å². The van der Waals surface area contributed by atoms with Crippen molar-refractivity contribution in [1.82, 2.24) is 15.3 Å². The molecule has 0 bridgehead atoms. The smallest absolute Gasteiger partial charge is 0.153 e. The van der Waals surface area contributed by atoms with E-state index in [4.69, 9.17) is 0 Å². The van der Waals surface area contributed by atoms with Crippen LogP contribution < -0.4 is 10.0 Å². The van der Waals surface area contributed by atoms with Crippen molar-refractivity contribution >= 4 is 33.3 Å². The minimum atomic E-state index is -1.59. The average molecular weight is 465 g/mol. The Balaban J connectivity index is 1.45. The molecule has 5 nitrogen and oxygen atoms in total. The summed E-state index contributed by atoms with van der Waals surface area (Å²) in [7, 11) is -1.59. The van der Waals surface area contributed by atoms with E-state index in [1.165, 1.54) is 12.1 Å². The molecule has 2 aliphatic rings. The Hall–Kier alpha value is -3.52. The number of anilines is 1. The standard InChI is InChI=1S/C25H22F2N4OS/c26-22-8-9-23(31-33(32)19-6-2-1-3-7-19)24(27)21(22)12-18-15-30-25-20(18)11-17(14-29-25)16-5-4-10-28-13-16/h1-2,4-6,8-11,14-15,28,31H,3,7,12-13H2,(H,29,30). The van der Waals surface area contributed by atoms with Gasteiger partial charge in [0, 0.05) is 41.2 Å². The Kier molecular flexibility index (Phi) is 5.92. The third kappa shape index (κ3) is 4.39. The number of aromatic nitrogens is 2. The van der Waals surface area contributed by atoms with Gasteiger partial charge in [-0.15, -0.1) is 0 Å². The number of hydrogen-bond donors (Lipinski definition) is 3. The van der Waals surface area contributed by atoms with Crippen molar-refractivity contribution < 1.29 is 13.0 Å². The summed E-state index contributed by atoms with van der Waals surface area (Å²) in [6, 6.07) is 4.48. The molecule has 3 N–H and O–H groups in total. The van der Waals surface area contributed by atoms with Gasteiger partial charge in [0.05, 0.1) is 5.69 Å². The fourth-order valence-electron chi connectivity index (χ4n) is 3.97. The Labute approximate surface area is 192 Å². The number of fused-ring (bicyclic) bond motifs is 1. The maximum Gasteiger partial charge on any atom is 0.153 e. The van der Waals surface area contributed by atoms with Crippen molar-refractivity contribution in [2.45, 2.75) is 19.3 Å². The van der Waals surface area contributed by atoms with Crippen molar-refractivity contribution in [2.24, 2.45) is 0 Å². The van der Waals surface area contributed by atoms with Gasteiger partial charge in [0.2, 0.25) is 0 Å². The highest BCUT2D eigenvalue weighted by Gasteiger charge is 2.19. The Morgan fingerprint density at radius 1 is 1.18 bits per heavy atom. The lowest BCUT2D eigenvalue weighted by Gasteiger charge is -2.14. The molecule has 3 aromatic rings. The summed E-state index contributed by atoms with van der Waals surface area (Å²) < 4.78 is 45.3. The van der Waals surface area contributed by atoms with Gasteiger partial charge >= 0.3 is 0 Å². The van der Waals surface area contributed by atoms with E-state index >= 15 is 4.39 Å². The van der Waals surface area contributed by atoms with Crippen LogP contribution in [0.1, 0.15) is 29.5 Å². The first-order valence-corrected chi connectivity index (χ1v) is 11.8. The minimum Gasteiger partial charge on any atom is -0.387 e. The zero-order valence-corrected chi connectivity index (χ0v) is 18.5. The van der Waals surface area contributed by atoms with E-state index in [1.54, 1.807) is 18.5 Å². The second kappa shape index (κ2) is 9.15. The summed E-state index contributed by atoms with van der Waals surface area (Å²) in [6.45, 7) is 0.684. The third-order valence-corrected chi connectivity index (χ3v) is 6.98. The van der Waals surface area contributed by atoms with Gasteiger partial charge in [-0.3, -0.25) is 4.72 Å². The molecule has 5 rings (SSSR count). The molecule has 1 atom stereocenters. The molecule has 0 saturated carbocycles. The number of H-pyrrole nitrogens is 1. The van der Waals surface area contributed by atoms with Gasteiger partial charge in [0.25, 0.3) is 0 Å². The van der Waals surface area contributed by atoms with E-state index in [0.29, 0.717) is 23.5 Å². The molecule has 3 heterocycles. The summed E-state index contributed by atoms with van der Waals surface area (Å²) in [4.78, 5) is 8.24. The molecule has 1 aromatic carbocycles. The van der Waals surface area contributed by atoms with E-state index < -0.39 is 22.6 Å². The lowest BCUT2D eigenvalue weighted by molar-refractivity contribution is 0.564. The van der Waals surface area contributed by atoms with Crippen LogP contribution in [0.15, 0.2) is 72.1 Å². The normalized spacial score (nSPS) is 16.3. The largest absolute Gasteiger partial charge is 0.387 e. The van der Waals surface area contributed by atoms with Crippen molar-refractivity contribution in [1.29, 1.82) is 0 Å². The van der Waals surface area contributed by atoms with Crippen LogP contribution in [0.2, 0.25) is 0 Å². The van der Waals surface area contributed by atoms with Gasteiger partial charge in [-0.1, -0.05) is 18.2 Å². The summed E-state index contributed by atoms with van der Waals surface area (Å²) in [5.74, 6) is -1.38. The number of dihydropyridines is 1. The molecule has 168 valence electrons. The fourth-order valence-corrected chi connectivity index (χ4v) is 4.96. The molecule has 1 unspecified atom stereocenters. The first-order valence-electron chi connectivity index (χ1n) is 10.7. The van der Waals surface area contributed by atoms with Crippen LogP contribution in [0.4, 0.5) is 14.5 Å². The molecule has 8 heteroatoms. The number of allylic oxidation sites excluding steroid dienone is 6. The average Bonchev–Trinajstić information content (AvgIpc) is 3.26. The van der Waals surface area contributed by atoms with Crippen molar-refractivity contribution in [2.75, 3.05) is 11.3 Å². The van der Waals surface area contributed by atoms with Crippen LogP contribution >= 0.6 is 0 Å². The van der Waals surface area contributed by atoms with E-state index in [0.717, 1.165) is 28.5 Å². The topological polar surface area (TPSA) is 69.8 Å². The Bertz CT molecular complexity index is 1370. The van der Waals surface area contributed by atoms with E-state index in [-0.39, 0.29) is 17.7 Å². The lowest BCUT2D eigenvalue weighted by atomic mass is 10.0. The van der Waals surface area contributed by atoms with Crippen molar-refractivity contribution in [3.63, 3.8) is 0 Å². The predicted octanol–water partition coefficient (Wildman–Crippen LogP) is 5.24. The zero-order chi connectivity index (χ0) is 22.8. The molecule has 1 aliphatic heterocycles. The van der Waals surface area contributed by atoms with E-state index in [2.05, 4.69) is 20.0 Å². The highest BCUT2D eigenvalue weighted by molar-refractivity contribution is 7.90. The summed E-state index contributed by atoms with van der Waals surface area (Å²) >= 11 is 0. The number of rotatable bonds is 6. The highest BCUT2D eigenvalue weighted by atomic mass is 32.2. The number of nitrogens with one attached hydrogen (secondary N) is 3. The molecule has 2 aromatic heterocycles. The Morgan fingerprint density at radius 3 is 2.88 bits per heavy atom. The van der Waals surface area contributed by atoms with Crippen LogP contribution in [0, 0.1) is 11.6 Å². The SMILES string of the molecule is O=S(Nc1ccc(F)c(Cc2c[nH]c3ncc(C4=CC=CNC4)cc23)c1F)C1=CC=CCC1. The maximum absolute atomic E-state index is 15.3. The van der Waals surface area contributed by atoms with Gasteiger partial charge in [-0.2, -0.15) is 0 Å². The zero-order valence-electron chi connectivity index (χ0n) is 17.7. The number of hydrogen-bond acceptors (Lipinski definition) is 3. The number of aromatic amines is 1. The van der Waals surface area contributed by atoms with Gasteiger partial charge in [0.15, 0.2) is 5.82 Å². The van der Waals surface area contributed by atoms with Crippen LogP contribution in [0.3, 0.4) is 0 Å². The second-order valence-corrected chi connectivity index (χ2v) is 9.17. The first-order chi connectivity index (χ1) is 16.1.